The zero-order valence-electron chi connectivity index (χ0n) is 11.6. The molecule has 19 heavy (non-hydrogen) atoms. The van der Waals surface area contributed by atoms with Crippen molar-refractivity contribution in [3.05, 3.63) is 0 Å². The molecule has 0 bridgehead atoms. The molecule has 6 nitrogen and oxygen atoms in total. The number of hydrogen-bond acceptors (Lipinski definition) is 6. The summed E-state index contributed by atoms with van der Waals surface area (Å²) in [7, 11) is 0. The number of amides is 1. The van der Waals surface area contributed by atoms with Crippen LogP contribution in [0.3, 0.4) is 0 Å². The molecule has 0 aromatic carbocycles. The Hall–Kier alpha value is -1.24. The van der Waals surface area contributed by atoms with E-state index < -0.39 is 28.8 Å². The molecule has 1 aliphatic heterocycles. The van der Waals surface area contributed by atoms with Gasteiger partial charge in [0.1, 0.15) is 6.04 Å². The van der Waals surface area contributed by atoms with Gasteiger partial charge in [-0.3, -0.25) is 4.79 Å². The average Bonchev–Trinajstić information content (AvgIpc) is 2.64. The average molecular weight is 289 g/mol. The van der Waals surface area contributed by atoms with Crippen molar-refractivity contribution in [3.8, 4) is 0 Å². The molecule has 0 spiro atoms. The fraction of sp³-hybridized carbons (Fsp3) is 0.750. The van der Waals surface area contributed by atoms with E-state index >= 15 is 0 Å². The molecule has 1 rings (SSSR count). The van der Waals surface area contributed by atoms with Crippen LogP contribution >= 0.6 is 11.8 Å². The van der Waals surface area contributed by atoms with Gasteiger partial charge in [0.2, 0.25) is 0 Å². The zero-order valence-corrected chi connectivity index (χ0v) is 12.4. The summed E-state index contributed by atoms with van der Waals surface area (Å²) in [4.78, 5) is 36.1. The summed E-state index contributed by atoms with van der Waals surface area (Å²) in [5, 5.41) is 0. The normalized spacial score (nSPS) is 21.1. The Morgan fingerprint density at radius 1 is 1.21 bits per heavy atom. The smallest absolute Gasteiger partial charge is 0.397 e. The van der Waals surface area contributed by atoms with Crippen LogP contribution in [0.4, 0.5) is 0 Å². The van der Waals surface area contributed by atoms with Gasteiger partial charge in [-0.05, 0) is 27.7 Å². The Kier molecular flexibility index (Phi) is 5.22. The molecule has 1 heterocycles. The van der Waals surface area contributed by atoms with Crippen molar-refractivity contribution >= 4 is 29.6 Å². The number of esters is 2. The van der Waals surface area contributed by atoms with Crippen LogP contribution in [-0.2, 0) is 23.9 Å². The lowest BCUT2D eigenvalue weighted by Gasteiger charge is -2.32. The molecular formula is C12H19NO5S. The molecule has 0 N–H and O–H groups in total. The molecule has 0 saturated carbocycles. The summed E-state index contributed by atoms with van der Waals surface area (Å²) in [5.74, 6) is -1.81. The Morgan fingerprint density at radius 2 is 1.79 bits per heavy atom. The van der Waals surface area contributed by atoms with Crippen molar-refractivity contribution in [1.82, 2.24) is 4.90 Å². The number of rotatable bonds is 3. The molecule has 0 aromatic rings. The second-order valence-corrected chi connectivity index (χ2v) is 6.04. The number of ether oxygens (including phenoxy) is 2. The van der Waals surface area contributed by atoms with Crippen LogP contribution in [-0.4, -0.2) is 52.6 Å². The van der Waals surface area contributed by atoms with Gasteiger partial charge >= 0.3 is 17.8 Å². The summed E-state index contributed by atoms with van der Waals surface area (Å²) in [6.45, 7) is 7.25. The van der Waals surface area contributed by atoms with Gasteiger partial charge in [0.25, 0.3) is 0 Å². The Bertz CT molecular complexity index is 382. The number of thioether (sulfide) groups is 1. The highest BCUT2D eigenvalue weighted by molar-refractivity contribution is 8.00. The topological polar surface area (TPSA) is 72.9 Å². The van der Waals surface area contributed by atoms with Gasteiger partial charge in [-0.15, -0.1) is 11.8 Å². The summed E-state index contributed by atoms with van der Waals surface area (Å²) < 4.78 is 9.65. The Morgan fingerprint density at radius 3 is 2.32 bits per heavy atom. The van der Waals surface area contributed by atoms with Gasteiger partial charge in [0, 0.05) is 5.75 Å². The first kappa shape index (κ1) is 15.8. The third-order valence-corrected chi connectivity index (χ3v) is 4.10. The van der Waals surface area contributed by atoms with Crippen molar-refractivity contribution in [2.24, 2.45) is 0 Å². The van der Waals surface area contributed by atoms with E-state index in [1.165, 1.54) is 16.7 Å². The minimum absolute atomic E-state index is 0.121. The predicted octanol–water partition coefficient (Wildman–Crippen LogP) is 0.793. The van der Waals surface area contributed by atoms with E-state index in [9.17, 15) is 14.4 Å². The van der Waals surface area contributed by atoms with E-state index in [-0.39, 0.29) is 13.2 Å². The number of carbonyl (C=O) groups excluding carboxylic acids is 3. The van der Waals surface area contributed by atoms with Crippen LogP contribution in [0.5, 0.6) is 0 Å². The summed E-state index contributed by atoms with van der Waals surface area (Å²) in [6.07, 6.45) is 0. The van der Waals surface area contributed by atoms with Gasteiger partial charge in [0.15, 0.2) is 0 Å². The Balaban J connectivity index is 2.93. The quantitative estimate of drug-likeness (QED) is 0.565. The first-order valence-electron chi connectivity index (χ1n) is 6.16. The zero-order chi connectivity index (χ0) is 14.6. The number of nitrogens with zero attached hydrogens (tertiary/aromatic N) is 1. The molecular weight excluding hydrogens is 270 g/mol. The highest BCUT2D eigenvalue weighted by atomic mass is 32.2. The number of carbonyl (C=O) groups is 3. The molecule has 0 aliphatic carbocycles. The first-order chi connectivity index (χ1) is 8.85. The van der Waals surface area contributed by atoms with Gasteiger partial charge < -0.3 is 14.4 Å². The van der Waals surface area contributed by atoms with Crippen molar-refractivity contribution in [1.29, 1.82) is 0 Å². The molecule has 0 radical (unpaired) electrons. The summed E-state index contributed by atoms with van der Waals surface area (Å²) in [5.41, 5.74) is 0. The minimum atomic E-state index is -0.938. The third kappa shape index (κ3) is 3.40. The minimum Gasteiger partial charge on any atom is -0.464 e. The lowest BCUT2D eigenvalue weighted by atomic mass is 10.2. The molecule has 1 aliphatic rings. The van der Waals surface area contributed by atoms with Gasteiger partial charge in [-0.25, -0.2) is 9.59 Å². The second kappa shape index (κ2) is 6.27. The highest BCUT2D eigenvalue weighted by Gasteiger charge is 2.49. The molecule has 1 atom stereocenters. The molecule has 1 fully saturated rings. The van der Waals surface area contributed by atoms with Gasteiger partial charge in [-0.2, -0.15) is 0 Å². The van der Waals surface area contributed by atoms with Crippen LogP contribution in [0.2, 0.25) is 0 Å². The van der Waals surface area contributed by atoms with Crippen LogP contribution in [0, 0.1) is 0 Å². The maximum absolute atomic E-state index is 12.1. The molecule has 1 saturated heterocycles. The fourth-order valence-corrected chi connectivity index (χ4v) is 3.09. The van der Waals surface area contributed by atoms with E-state index in [1.807, 2.05) is 0 Å². The summed E-state index contributed by atoms with van der Waals surface area (Å²) >= 11 is 1.43. The van der Waals surface area contributed by atoms with Crippen molar-refractivity contribution in [3.63, 3.8) is 0 Å². The molecule has 0 aromatic heterocycles. The Labute approximate surface area is 116 Å². The van der Waals surface area contributed by atoms with Crippen LogP contribution < -0.4 is 0 Å². The predicted molar refractivity (Wildman–Crippen MR) is 70.4 cm³/mol. The summed E-state index contributed by atoms with van der Waals surface area (Å²) in [6, 6.07) is -0.739. The molecule has 1 amide bonds. The van der Waals surface area contributed by atoms with Gasteiger partial charge in [-0.1, -0.05) is 0 Å². The lowest BCUT2D eigenvalue weighted by Crippen LogP contribution is -2.53. The van der Waals surface area contributed by atoms with Gasteiger partial charge in [0.05, 0.1) is 18.1 Å². The third-order valence-electron chi connectivity index (χ3n) is 2.71. The largest absolute Gasteiger partial charge is 0.464 e. The maximum Gasteiger partial charge on any atom is 0.397 e. The fourth-order valence-electron chi connectivity index (χ4n) is 1.89. The number of hydrogen-bond donors (Lipinski definition) is 0. The molecule has 108 valence electrons. The monoisotopic (exact) mass is 289 g/mol. The van der Waals surface area contributed by atoms with Crippen LogP contribution in [0.1, 0.15) is 27.7 Å². The van der Waals surface area contributed by atoms with E-state index in [0.717, 1.165) is 0 Å². The van der Waals surface area contributed by atoms with E-state index in [0.29, 0.717) is 5.75 Å². The molecule has 7 heteroatoms. The van der Waals surface area contributed by atoms with Crippen molar-refractivity contribution in [2.75, 3.05) is 19.0 Å². The SMILES string of the molecule is CCOC(=O)C(=O)N1[C@H](C(=O)OCC)CSC1(C)C. The van der Waals surface area contributed by atoms with Crippen molar-refractivity contribution in [2.45, 2.75) is 38.6 Å². The standard InChI is InChI=1S/C12H19NO5S/c1-5-17-10(15)8-7-19-12(3,4)13(8)9(14)11(16)18-6-2/h8H,5-7H2,1-4H3/t8-/m0/s1. The van der Waals surface area contributed by atoms with E-state index in [4.69, 9.17) is 9.47 Å². The second-order valence-electron chi connectivity index (χ2n) is 4.42. The lowest BCUT2D eigenvalue weighted by molar-refractivity contribution is -0.166. The first-order valence-corrected chi connectivity index (χ1v) is 7.14. The molecule has 0 unspecified atom stereocenters. The van der Waals surface area contributed by atoms with Crippen LogP contribution in [0.25, 0.3) is 0 Å². The van der Waals surface area contributed by atoms with E-state index in [1.54, 1.807) is 27.7 Å². The maximum atomic E-state index is 12.1. The highest BCUT2D eigenvalue weighted by Crippen LogP contribution is 2.39. The van der Waals surface area contributed by atoms with Crippen LogP contribution in [0.15, 0.2) is 0 Å². The van der Waals surface area contributed by atoms with Crippen molar-refractivity contribution < 1.29 is 23.9 Å². The van der Waals surface area contributed by atoms with E-state index in [2.05, 4.69) is 0 Å².